The third kappa shape index (κ3) is 6.59. The van der Waals surface area contributed by atoms with Crippen LogP contribution in [-0.2, 0) is 21.8 Å². The van der Waals surface area contributed by atoms with Gasteiger partial charge in [-0.2, -0.15) is 0 Å². The molecule has 3 heterocycles. The molecule has 232 valence electrons. The van der Waals surface area contributed by atoms with Crippen LogP contribution in [0.3, 0.4) is 0 Å². The molecule has 1 aromatic heterocycles. The fraction of sp³-hybridized carbons (Fsp3) is 0.294. The van der Waals surface area contributed by atoms with Gasteiger partial charge in [-0.25, -0.2) is 0 Å². The molecule has 6 rings (SSSR count). The minimum Gasteiger partial charge on any atom is -0.507 e. The van der Waals surface area contributed by atoms with Gasteiger partial charge in [0.25, 0.3) is 5.78 Å². The first-order valence-electron chi connectivity index (χ1n) is 14.7. The lowest BCUT2D eigenvalue weighted by Gasteiger charge is -2.23. The highest BCUT2D eigenvalue weighted by Crippen LogP contribution is 2.45. The molecule has 2 aliphatic rings. The highest BCUT2D eigenvalue weighted by atomic mass is 35.5. The summed E-state index contributed by atoms with van der Waals surface area (Å²) in [6.07, 6.45) is 1.58. The van der Waals surface area contributed by atoms with Crippen molar-refractivity contribution in [3.63, 3.8) is 0 Å². The summed E-state index contributed by atoms with van der Waals surface area (Å²) in [4.78, 5) is 28.8. The van der Waals surface area contributed by atoms with E-state index in [1.54, 1.807) is 12.1 Å². The molecular weight excluding hydrogens is 630 g/mol. The maximum atomic E-state index is 13.7. The molecule has 0 aliphatic carbocycles. The number of aliphatic hydroxyl groups excluding tert-OH is 1. The molecule has 1 N–H and O–H groups in total. The molecule has 1 saturated heterocycles. The molecule has 11 heteroatoms. The topological polar surface area (TPSA) is 102 Å². The van der Waals surface area contributed by atoms with Crippen LogP contribution in [0.2, 0.25) is 5.02 Å². The number of nitrogens with zero attached hydrogens (tertiary/aromatic N) is 3. The standard InChI is InChI=1S/C34H32ClN3O5S2/c1-19(2)13-14-42-25-9-6-8-21(17-25)29-28(30(39)22-11-12-27-24(16-22)15-20(3)43-27)31(40)32(41)38(29)33-36-37-34(45-33)44-18-23-7-4-5-10-26(23)35/h4-12,16-17,19-20,29,39H,13-15,18H2,1-3H3. The Kier molecular flexibility index (Phi) is 9.16. The van der Waals surface area contributed by atoms with E-state index in [0.29, 0.717) is 50.9 Å². The van der Waals surface area contributed by atoms with Gasteiger partial charge >= 0.3 is 5.91 Å². The van der Waals surface area contributed by atoms with Crippen molar-refractivity contribution in [2.45, 2.75) is 55.9 Å². The third-order valence-electron chi connectivity index (χ3n) is 7.66. The Hall–Kier alpha value is -3.86. The smallest absolute Gasteiger partial charge is 0.301 e. The molecule has 4 aromatic rings. The van der Waals surface area contributed by atoms with Gasteiger partial charge in [0.2, 0.25) is 5.13 Å². The van der Waals surface area contributed by atoms with E-state index in [1.807, 2.05) is 61.5 Å². The van der Waals surface area contributed by atoms with E-state index in [4.69, 9.17) is 21.1 Å². The molecule has 3 aromatic carbocycles. The second-order valence-electron chi connectivity index (χ2n) is 11.5. The maximum Gasteiger partial charge on any atom is 0.301 e. The van der Waals surface area contributed by atoms with Crippen molar-refractivity contribution in [2.24, 2.45) is 5.92 Å². The van der Waals surface area contributed by atoms with Crippen molar-refractivity contribution < 1.29 is 24.2 Å². The maximum absolute atomic E-state index is 13.7. The number of halogens is 1. The number of Topliss-reactive ketones (excluding diaryl/α,β-unsaturated/α-hetero) is 1. The van der Waals surface area contributed by atoms with Crippen LogP contribution < -0.4 is 14.4 Å². The fourth-order valence-electron chi connectivity index (χ4n) is 5.37. The lowest BCUT2D eigenvalue weighted by molar-refractivity contribution is -0.132. The highest BCUT2D eigenvalue weighted by Gasteiger charge is 2.48. The number of hydrogen-bond donors (Lipinski definition) is 1. The zero-order valence-electron chi connectivity index (χ0n) is 25.0. The van der Waals surface area contributed by atoms with Gasteiger partial charge < -0.3 is 14.6 Å². The lowest BCUT2D eigenvalue weighted by atomic mass is 9.94. The Morgan fingerprint density at radius 2 is 1.96 bits per heavy atom. The summed E-state index contributed by atoms with van der Waals surface area (Å²) in [5.41, 5.74) is 2.90. The first-order chi connectivity index (χ1) is 21.7. The molecule has 8 nitrogen and oxygen atoms in total. The monoisotopic (exact) mass is 661 g/mol. The van der Waals surface area contributed by atoms with E-state index in [-0.39, 0.29) is 22.6 Å². The first kappa shape index (κ1) is 31.1. The predicted molar refractivity (Wildman–Crippen MR) is 177 cm³/mol. The Balaban J connectivity index is 1.38. The molecule has 2 aliphatic heterocycles. The van der Waals surface area contributed by atoms with Crippen LogP contribution in [0.5, 0.6) is 11.5 Å². The largest absolute Gasteiger partial charge is 0.507 e. The first-order valence-corrected chi connectivity index (χ1v) is 16.9. The van der Waals surface area contributed by atoms with Gasteiger partial charge in [0.1, 0.15) is 23.4 Å². The predicted octanol–water partition coefficient (Wildman–Crippen LogP) is 7.86. The van der Waals surface area contributed by atoms with Gasteiger partial charge in [0.15, 0.2) is 4.34 Å². The van der Waals surface area contributed by atoms with Crippen molar-refractivity contribution in [3.8, 4) is 11.5 Å². The van der Waals surface area contributed by atoms with E-state index >= 15 is 0 Å². The number of carbonyl (C=O) groups is 2. The minimum atomic E-state index is -0.948. The van der Waals surface area contributed by atoms with Gasteiger partial charge in [0.05, 0.1) is 18.2 Å². The van der Waals surface area contributed by atoms with Crippen LogP contribution >= 0.6 is 34.7 Å². The molecule has 0 bridgehead atoms. The van der Waals surface area contributed by atoms with Crippen LogP contribution in [0.25, 0.3) is 5.76 Å². The fourth-order valence-corrected chi connectivity index (χ4v) is 7.52. The summed E-state index contributed by atoms with van der Waals surface area (Å²) < 4.78 is 12.5. The quantitative estimate of drug-likeness (QED) is 0.0603. The van der Waals surface area contributed by atoms with Gasteiger partial charge in [-0.1, -0.05) is 78.9 Å². The van der Waals surface area contributed by atoms with E-state index in [1.165, 1.54) is 28.0 Å². The molecule has 1 amide bonds. The van der Waals surface area contributed by atoms with Gasteiger partial charge in [-0.3, -0.25) is 14.5 Å². The SMILES string of the molecule is CC(C)CCOc1cccc(C2C(=C(O)c3ccc4c(c3)CC(C)O4)C(=O)C(=O)N2c2nnc(SCc3ccccc3Cl)s2)c1. The van der Waals surface area contributed by atoms with Crippen LogP contribution in [0.15, 0.2) is 76.6 Å². The number of ketones is 1. The minimum absolute atomic E-state index is 0.0174. The lowest BCUT2D eigenvalue weighted by Crippen LogP contribution is -2.29. The normalized spacial score (nSPS) is 18.8. The van der Waals surface area contributed by atoms with E-state index in [9.17, 15) is 14.7 Å². The number of hydrogen-bond acceptors (Lipinski definition) is 9. The van der Waals surface area contributed by atoms with Gasteiger partial charge in [0, 0.05) is 22.8 Å². The van der Waals surface area contributed by atoms with Crippen molar-refractivity contribution >= 4 is 57.3 Å². The van der Waals surface area contributed by atoms with Crippen LogP contribution in [-0.4, -0.2) is 39.7 Å². The van der Waals surface area contributed by atoms with Crippen molar-refractivity contribution in [1.82, 2.24) is 10.2 Å². The molecule has 0 radical (unpaired) electrons. The number of anilines is 1. The zero-order chi connectivity index (χ0) is 31.7. The van der Waals surface area contributed by atoms with Crippen molar-refractivity contribution in [3.05, 3.63) is 99.6 Å². The number of aliphatic hydroxyl groups is 1. The number of rotatable bonds is 10. The second kappa shape index (κ2) is 13.2. The Morgan fingerprint density at radius 3 is 2.76 bits per heavy atom. The Bertz CT molecular complexity index is 1790. The summed E-state index contributed by atoms with van der Waals surface area (Å²) in [6, 6.07) is 19.2. The number of ether oxygens (including phenoxy) is 2. The molecular formula is C34H32ClN3O5S2. The molecule has 2 atom stereocenters. The average Bonchev–Trinajstić information content (AvgIpc) is 3.71. The van der Waals surface area contributed by atoms with Crippen LogP contribution in [0.4, 0.5) is 5.13 Å². The van der Waals surface area contributed by atoms with Crippen molar-refractivity contribution in [2.75, 3.05) is 11.5 Å². The molecule has 0 spiro atoms. The summed E-state index contributed by atoms with van der Waals surface area (Å²) in [5, 5.41) is 21.2. The number of aromatic nitrogens is 2. The molecule has 1 fully saturated rings. The van der Waals surface area contributed by atoms with Crippen LogP contribution in [0.1, 0.15) is 55.5 Å². The second-order valence-corrected chi connectivity index (χ2v) is 14.0. The average molecular weight is 662 g/mol. The highest BCUT2D eigenvalue weighted by molar-refractivity contribution is 8.00. The zero-order valence-corrected chi connectivity index (χ0v) is 27.4. The number of carbonyl (C=O) groups excluding carboxylic acids is 2. The van der Waals surface area contributed by atoms with Gasteiger partial charge in [-0.05, 0) is 72.4 Å². The summed E-state index contributed by atoms with van der Waals surface area (Å²) in [7, 11) is 0. The van der Waals surface area contributed by atoms with Gasteiger partial charge in [-0.15, -0.1) is 10.2 Å². The molecule has 0 saturated carbocycles. The summed E-state index contributed by atoms with van der Waals surface area (Å²) in [6.45, 7) is 6.76. The Morgan fingerprint density at radius 1 is 1.13 bits per heavy atom. The summed E-state index contributed by atoms with van der Waals surface area (Å²) in [5.74, 6) is 0.551. The number of thioether (sulfide) groups is 1. The molecule has 2 unspecified atom stereocenters. The number of amides is 1. The van der Waals surface area contributed by atoms with Crippen LogP contribution in [0, 0.1) is 5.92 Å². The number of fused-ring (bicyclic) bond motifs is 1. The van der Waals surface area contributed by atoms with E-state index in [0.717, 1.165) is 23.3 Å². The van der Waals surface area contributed by atoms with Crippen molar-refractivity contribution in [1.29, 1.82) is 0 Å². The molecule has 45 heavy (non-hydrogen) atoms. The van der Waals surface area contributed by atoms with E-state index < -0.39 is 17.7 Å². The number of benzene rings is 3. The van der Waals surface area contributed by atoms with E-state index in [2.05, 4.69) is 24.0 Å². The summed E-state index contributed by atoms with van der Waals surface area (Å²) >= 11 is 8.98. The Labute approximate surface area is 275 Å². The third-order valence-corrected chi connectivity index (χ3v) is 10.1.